The Balaban J connectivity index is 1.74. The Morgan fingerprint density at radius 2 is 2.12 bits per heavy atom. The monoisotopic (exact) mass is 377 g/mol. The molecule has 1 aliphatic rings. The number of rotatable bonds is 4. The van der Waals surface area contributed by atoms with Gasteiger partial charge in [0.2, 0.25) is 5.91 Å². The number of amides is 4. The van der Waals surface area contributed by atoms with E-state index in [0.717, 1.165) is 10.5 Å². The maximum absolute atomic E-state index is 12.7. The van der Waals surface area contributed by atoms with Crippen LogP contribution in [0.5, 0.6) is 0 Å². The number of anilines is 1. The van der Waals surface area contributed by atoms with Crippen LogP contribution < -0.4 is 10.6 Å². The smallest absolute Gasteiger partial charge is 0.324 e. The first-order valence-corrected chi connectivity index (χ1v) is 8.87. The van der Waals surface area contributed by atoms with Crippen molar-refractivity contribution >= 4 is 46.5 Å². The molecule has 1 saturated heterocycles. The highest BCUT2D eigenvalue weighted by atomic mass is 35.5. The number of hydrogen-bond acceptors (Lipinski definition) is 4. The van der Waals surface area contributed by atoms with Gasteiger partial charge in [0.05, 0.1) is 0 Å². The molecule has 0 aliphatic carbocycles. The number of urea groups is 1. The fourth-order valence-corrected chi connectivity index (χ4v) is 3.60. The highest BCUT2D eigenvalue weighted by Crippen LogP contribution is 2.30. The van der Waals surface area contributed by atoms with Crippen molar-refractivity contribution in [3.05, 3.63) is 51.2 Å². The van der Waals surface area contributed by atoms with Gasteiger partial charge < -0.3 is 10.6 Å². The van der Waals surface area contributed by atoms with Crippen LogP contribution in [0.3, 0.4) is 0 Å². The second-order valence-electron chi connectivity index (χ2n) is 5.92. The molecule has 4 amide bonds. The van der Waals surface area contributed by atoms with E-state index >= 15 is 0 Å². The standard InChI is InChI=1S/C17H16ClN3O3S/c1-10-12(18)4-3-5-13(10)19-14(22)8-21-15(23)17(2,20-16(21)24)11-6-7-25-9-11/h3-7,9H,8H2,1-2H3,(H,19,22)(H,20,24)/t17-/m1/s1. The van der Waals surface area contributed by atoms with Gasteiger partial charge in [0.1, 0.15) is 12.1 Å². The molecule has 0 bridgehead atoms. The Morgan fingerprint density at radius 3 is 2.80 bits per heavy atom. The second-order valence-corrected chi connectivity index (χ2v) is 7.11. The Kier molecular flexibility index (Phi) is 4.53. The van der Waals surface area contributed by atoms with E-state index in [4.69, 9.17) is 11.6 Å². The number of imide groups is 1. The normalized spacial score (nSPS) is 19.9. The minimum atomic E-state index is -1.15. The predicted molar refractivity (Wildman–Crippen MR) is 96.7 cm³/mol. The summed E-state index contributed by atoms with van der Waals surface area (Å²) in [7, 11) is 0. The lowest BCUT2D eigenvalue weighted by molar-refractivity contribution is -0.133. The van der Waals surface area contributed by atoms with Crippen LogP contribution in [0, 0.1) is 6.92 Å². The number of carbonyl (C=O) groups is 3. The summed E-state index contributed by atoms with van der Waals surface area (Å²) in [5.74, 6) is -0.919. The topological polar surface area (TPSA) is 78.5 Å². The number of nitrogens with zero attached hydrogens (tertiary/aromatic N) is 1. The highest BCUT2D eigenvalue weighted by Gasteiger charge is 2.49. The number of carbonyl (C=O) groups excluding carboxylic acids is 3. The van der Waals surface area contributed by atoms with Crippen molar-refractivity contribution in [1.82, 2.24) is 10.2 Å². The predicted octanol–water partition coefficient (Wildman–Crippen LogP) is 3.12. The zero-order valence-corrected chi connectivity index (χ0v) is 15.2. The average Bonchev–Trinajstić information content (AvgIpc) is 3.17. The lowest BCUT2D eigenvalue weighted by Gasteiger charge is -2.20. The van der Waals surface area contributed by atoms with Crippen LogP contribution in [0.2, 0.25) is 5.02 Å². The lowest BCUT2D eigenvalue weighted by Crippen LogP contribution is -2.41. The summed E-state index contributed by atoms with van der Waals surface area (Å²) >= 11 is 7.46. The number of benzene rings is 1. The second kappa shape index (κ2) is 6.50. The maximum Gasteiger partial charge on any atom is 0.325 e. The van der Waals surface area contributed by atoms with E-state index in [1.807, 2.05) is 5.38 Å². The number of hydrogen-bond donors (Lipinski definition) is 2. The van der Waals surface area contributed by atoms with Crippen molar-refractivity contribution in [2.75, 3.05) is 11.9 Å². The minimum Gasteiger partial charge on any atom is -0.324 e. The van der Waals surface area contributed by atoms with Crippen molar-refractivity contribution in [1.29, 1.82) is 0 Å². The number of halogens is 1. The molecule has 0 radical (unpaired) electrons. The molecule has 8 heteroatoms. The fourth-order valence-electron chi connectivity index (χ4n) is 2.66. The average molecular weight is 378 g/mol. The Morgan fingerprint density at radius 1 is 1.36 bits per heavy atom. The molecule has 1 aliphatic heterocycles. The van der Waals surface area contributed by atoms with Gasteiger partial charge in [-0.3, -0.25) is 14.5 Å². The molecule has 2 aromatic rings. The Hall–Kier alpha value is -2.38. The van der Waals surface area contributed by atoms with E-state index in [1.54, 1.807) is 43.5 Å². The largest absolute Gasteiger partial charge is 0.325 e. The van der Waals surface area contributed by atoms with E-state index in [1.165, 1.54) is 11.3 Å². The van der Waals surface area contributed by atoms with Gasteiger partial charge in [-0.25, -0.2) is 4.79 Å². The first-order valence-electron chi connectivity index (χ1n) is 7.54. The van der Waals surface area contributed by atoms with E-state index in [2.05, 4.69) is 10.6 Å². The molecule has 1 aromatic carbocycles. The molecule has 1 atom stereocenters. The number of thiophene rings is 1. The minimum absolute atomic E-state index is 0.365. The molecule has 6 nitrogen and oxygen atoms in total. The maximum atomic E-state index is 12.7. The van der Waals surface area contributed by atoms with Gasteiger partial charge in [-0.2, -0.15) is 11.3 Å². The molecular weight excluding hydrogens is 362 g/mol. The molecule has 1 aromatic heterocycles. The summed E-state index contributed by atoms with van der Waals surface area (Å²) in [4.78, 5) is 38.1. The first-order chi connectivity index (χ1) is 11.8. The molecule has 25 heavy (non-hydrogen) atoms. The quantitative estimate of drug-likeness (QED) is 0.803. The van der Waals surface area contributed by atoms with Gasteiger partial charge in [-0.1, -0.05) is 17.7 Å². The zero-order valence-electron chi connectivity index (χ0n) is 13.6. The van der Waals surface area contributed by atoms with Gasteiger partial charge in [0, 0.05) is 10.7 Å². The Bertz CT molecular complexity index is 853. The van der Waals surface area contributed by atoms with Gasteiger partial charge in [-0.15, -0.1) is 0 Å². The molecule has 3 rings (SSSR count). The SMILES string of the molecule is Cc1c(Cl)cccc1NC(=O)CN1C(=O)N[C@](C)(c2ccsc2)C1=O. The lowest BCUT2D eigenvalue weighted by atomic mass is 9.95. The Labute approximate surface area is 153 Å². The fraction of sp³-hybridized carbons (Fsp3) is 0.235. The van der Waals surface area contributed by atoms with Crippen LogP contribution in [-0.2, 0) is 15.1 Å². The highest BCUT2D eigenvalue weighted by molar-refractivity contribution is 7.08. The van der Waals surface area contributed by atoms with Gasteiger partial charge in [0.25, 0.3) is 5.91 Å². The van der Waals surface area contributed by atoms with Crippen LogP contribution in [0.25, 0.3) is 0 Å². The molecule has 2 N–H and O–H groups in total. The van der Waals surface area contributed by atoms with Crippen molar-refractivity contribution in [2.24, 2.45) is 0 Å². The third kappa shape index (κ3) is 3.12. The zero-order chi connectivity index (χ0) is 18.2. The summed E-state index contributed by atoms with van der Waals surface area (Å²) in [6.45, 7) is 3.05. The molecule has 0 unspecified atom stereocenters. The molecular formula is C17H16ClN3O3S. The van der Waals surface area contributed by atoms with Crippen LogP contribution in [0.4, 0.5) is 10.5 Å². The third-order valence-electron chi connectivity index (χ3n) is 4.22. The molecule has 130 valence electrons. The van der Waals surface area contributed by atoms with E-state index in [0.29, 0.717) is 16.3 Å². The van der Waals surface area contributed by atoms with Crippen LogP contribution in [-0.4, -0.2) is 29.3 Å². The first kappa shape index (κ1) is 17.4. The molecule has 2 heterocycles. The van der Waals surface area contributed by atoms with Crippen molar-refractivity contribution < 1.29 is 14.4 Å². The van der Waals surface area contributed by atoms with Crippen LogP contribution in [0.15, 0.2) is 35.0 Å². The summed E-state index contributed by atoms with van der Waals surface area (Å²) in [6.07, 6.45) is 0. The number of nitrogens with one attached hydrogen (secondary N) is 2. The van der Waals surface area contributed by atoms with E-state index < -0.39 is 23.4 Å². The summed E-state index contributed by atoms with van der Waals surface area (Å²) in [5, 5.41) is 9.51. The van der Waals surface area contributed by atoms with Gasteiger partial charge in [-0.05, 0) is 53.9 Å². The summed E-state index contributed by atoms with van der Waals surface area (Å²) in [6, 6.07) is 6.33. The van der Waals surface area contributed by atoms with Crippen molar-refractivity contribution in [3.8, 4) is 0 Å². The van der Waals surface area contributed by atoms with Gasteiger partial charge in [0.15, 0.2) is 0 Å². The van der Waals surface area contributed by atoms with Gasteiger partial charge >= 0.3 is 6.03 Å². The van der Waals surface area contributed by atoms with Crippen LogP contribution >= 0.6 is 22.9 Å². The molecule has 0 spiro atoms. The van der Waals surface area contributed by atoms with E-state index in [9.17, 15) is 14.4 Å². The molecule has 1 fully saturated rings. The molecule has 0 saturated carbocycles. The third-order valence-corrected chi connectivity index (χ3v) is 5.31. The summed E-state index contributed by atoms with van der Waals surface area (Å²) < 4.78 is 0. The van der Waals surface area contributed by atoms with Crippen molar-refractivity contribution in [3.63, 3.8) is 0 Å². The van der Waals surface area contributed by atoms with Crippen LogP contribution in [0.1, 0.15) is 18.1 Å². The summed E-state index contributed by atoms with van der Waals surface area (Å²) in [5.41, 5.74) is 0.816. The van der Waals surface area contributed by atoms with Crippen molar-refractivity contribution in [2.45, 2.75) is 19.4 Å². The van der Waals surface area contributed by atoms with E-state index in [-0.39, 0.29) is 6.54 Å².